The van der Waals surface area contributed by atoms with Gasteiger partial charge in [0, 0.05) is 35.2 Å². The van der Waals surface area contributed by atoms with E-state index >= 15 is 0 Å². The van der Waals surface area contributed by atoms with Crippen LogP contribution in [0.3, 0.4) is 0 Å². The summed E-state index contributed by atoms with van der Waals surface area (Å²) in [6.07, 6.45) is -0.690. The molecule has 0 bridgehead atoms. The summed E-state index contributed by atoms with van der Waals surface area (Å²) in [5, 5.41) is 40.7. The maximum absolute atomic E-state index is 10.6. The summed E-state index contributed by atoms with van der Waals surface area (Å²) in [7, 11) is 1.36. The quantitative estimate of drug-likeness (QED) is 0.619. The molecule has 0 unspecified atom stereocenters. The molecule has 0 amide bonds. The fourth-order valence-electron chi connectivity index (χ4n) is 3.97. The Morgan fingerprint density at radius 1 is 1.08 bits per heavy atom. The molecule has 0 saturated carbocycles. The van der Waals surface area contributed by atoms with Crippen molar-refractivity contribution in [2.45, 2.75) is 38.1 Å². The van der Waals surface area contributed by atoms with Crippen LogP contribution in [-0.2, 0) is 16.8 Å². The molecule has 2 aromatic carbocycles. The Morgan fingerprint density at radius 3 is 2.50 bits per heavy atom. The molecule has 2 aliphatic heterocycles. The zero-order chi connectivity index (χ0) is 18.8. The molecule has 0 aliphatic carbocycles. The lowest BCUT2D eigenvalue weighted by molar-refractivity contribution is -0.141. The topological polar surface area (TPSA) is 109 Å². The maximum atomic E-state index is 10.6. The first kappa shape index (κ1) is 16.7. The lowest BCUT2D eigenvalue weighted by atomic mass is 9.81. The molecule has 4 rings (SSSR count). The predicted octanol–water partition coefficient (Wildman–Crippen LogP) is 2.83. The first-order valence-electron chi connectivity index (χ1n) is 8.25. The van der Waals surface area contributed by atoms with Crippen LogP contribution >= 0.6 is 0 Å². The van der Waals surface area contributed by atoms with Gasteiger partial charge in [-0.15, -0.1) is 0 Å². The number of rotatable bonds is 1. The van der Waals surface area contributed by atoms with Crippen molar-refractivity contribution in [1.82, 2.24) is 0 Å². The van der Waals surface area contributed by atoms with Crippen LogP contribution in [0, 0.1) is 0 Å². The summed E-state index contributed by atoms with van der Waals surface area (Å²) in [4.78, 5) is 0. The van der Waals surface area contributed by atoms with Crippen LogP contribution in [0.25, 0.3) is 0 Å². The monoisotopic (exact) mass is 360 g/mol. The Morgan fingerprint density at radius 2 is 1.81 bits per heavy atom. The van der Waals surface area contributed by atoms with Crippen molar-refractivity contribution in [3.8, 4) is 34.5 Å². The van der Waals surface area contributed by atoms with Crippen LogP contribution in [0.4, 0.5) is 0 Å². The molecule has 26 heavy (non-hydrogen) atoms. The highest BCUT2D eigenvalue weighted by Gasteiger charge is 2.47. The molecule has 7 heteroatoms. The molecule has 2 atom stereocenters. The average molecular weight is 360 g/mol. The molecule has 2 aliphatic rings. The van der Waals surface area contributed by atoms with E-state index in [1.807, 2.05) is 13.8 Å². The number of fused-ring (bicyclic) bond motifs is 4. The van der Waals surface area contributed by atoms with Gasteiger partial charge in [0.25, 0.3) is 0 Å². The molecular weight excluding hydrogens is 340 g/mol. The molecule has 0 spiro atoms. The third kappa shape index (κ3) is 2.24. The Hall–Kier alpha value is -2.80. The molecule has 0 fully saturated rings. The SMILES string of the molecule is COc1c(O)cc2c(c1O)C(C)(C)O[C@@H]1Cc3c(O)cc(O)cc3O[C@H]21. The second-order valence-corrected chi connectivity index (χ2v) is 7.09. The number of hydrogen-bond acceptors (Lipinski definition) is 7. The molecule has 4 N–H and O–H groups in total. The second kappa shape index (κ2) is 5.35. The van der Waals surface area contributed by atoms with E-state index in [0.717, 1.165) is 0 Å². The second-order valence-electron chi connectivity index (χ2n) is 7.09. The lowest BCUT2D eigenvalue weighted by Gasteiger charge is -2.45. The first-order chi connectivity index (χ1) is 12.2. The molecule has 138 valence electrons. The number of phenols is 4. The molecule has 0 saturated heterocycles. The van der Waals surface area contributed by atoms with Crippen molar-refractivity contribution >= 4 is 0 Å². The van der Waals surface area contributed by atoms with Crippen LogP contribution in [-0.4, -0.2) is 33.6 Å². The van der Waals surface area contributed by atoms with E-state index in [2.05, 4.69) is 0 Å². The van der Waals surface area contributed by atoms with Gasteiger partial charge in [0.2, 0.25) is 5.75 Å². The van der Waals surface area contributed by atoms with Gasteiger partial charge in [-0.05, 0) is 19.9 Å². The summed E-state index contributed by atoms with van der Waals surface area (Å²) in [5.74, 6) is -0.255. The summed E-state index contributed by atoms with van der Waals surface area (Å²) >= 11 is 0. The third-order valence-electron chi connectivity index (χ3n) is 4.99. The van der Waals surface area contributed by atoms with Crippen LogP contribution < -0.4 is 9.47 Å². The fourth-order valence-corrected chi connectivity index (χ4v) is 3.97. The normalized spacial score (nSPS) is 22.6. The van der Waals surface area contributed by atoms with Gasteiger partial charge < -0.3 is 34.6 Å². The minimum absolute atomic E-state index is 0.0228. The van der Waals surface area contributed by atoms with E-state index < -0.39 is 17.8 Å². The predicted molar refractivity (Wildman–Crippen MR) is 91.1 cm³/mol. The van der Waals surface area contributed by atoms with Gasteiger partial charge in [-0.2, -0.15) is 0 Å². The van der Waals surface area contributed by atoms with Gasteiger partial charge in [-0.1, -0.05) is 0 Å². The molecule has 0 aromatic heterocycles. The average Bonchev–Trinajstić information content (AvgIpc) is 2.53. The molecular formula is C19H20O7. The maximum Gasteiger partial charge on any atom is 0.203 e. The van der Waals surface area contributed by atoms with E-state index in [9.17, 15) is 20.4 Å². The lowest BCUT2D eigenvalue weighted by Crippen LogP contribution is -2.44. The minimum Gasteiger partial charge on any atom is -0.508 e. The third-order valence-corrected chi connectivity index (χ3v) is 4.99. The van der Waals surface area contributed by atoms with Crippen molar-refractivity contribution in [2.75, 3.05) is 7.11 Å². The summed E-state index contributed by atoms with van der Waals surface area (Å²) in [6, 6.07) is 4.18. The Balaban J connectivity index is 1.90. The van der Waals surface area contributed by atoms with Crippen molar-refractivity contribution < 1.29 is 34.6 Å². The number of hydrogen-bond donors (Lipinski definition) is 4. The van der Waals surface area contributed by atoms with Crippen molar-refractivity contribution in [3.05, 3.63) is 34.9 Å². The highest BCUT2D eigenvalue weighted by molar-refractivity contribution is 5.62. The highest BCUT2D eigenvalue weighted by atomic mass is 16.6. The Bertz CT molecular complexity index is 903. The van der Waals surface area contributed by atoms with E-state index in [0.29, 0.717) is 28.9 Å². The first-order valence-corrected chi connectivity index (χ1v) is 8.25. The van der Waals surface area contributed by atoms with E-state index in [4.69, 9.17) is 14.2 Å². The molecule has 2 aromatic rings. The fraction of sp³-hybridized carbons (Fsp3) is 0.368. The summed E-state index contributed by atoms with van der Waals surface area (Å²) in [5.41, 5.74) is 0.733. The Labute approximate surface area is 150 Å². The molecule has 2 heterocycles. The summed E-state index contributed by atoms with van der Waals surface area (Å²) in [6.45, 7) is 3.62. The molecule has 0 radical (unpaired) electrons. The smallest absolute Gasteiger partial charge is 0.203 e. The summed E-state index contributed by atoms with van der Waals surface area (Å²) < 4.78 is 17.3. The van der Waals surface area contributed by atoms with Crippen molar-refractivity contribution in [3.63, 3.8) is 0 Å². The van der Waals surface area contributed by atoms with Crippen LogP contribution in [0.1, 0.15) is 36.6 Å². The standard InChI is InChI=1S/C19H20O7/c1-19(2)15-10(6-12(22)18(24-3)16(15)23)17-14(26-19)7-9-11(21)4-8(20)5-13(9)25-17/h4-6,14,17,20-23H,7H2,1-3H3/t14-,17-/m1/s1. The van der Waals surface area contributed by atoms with Crippen LogP contribution in [0.2, 0.25) is 0 Å². The van der Waals surface area contributed by atoms with E-state index in [-0.39, 0.29) is 28.7 Å². The zero-order valence-electron chi connectivity index (χ0n) is 14.6. The zero-order valence-corrected chi connectivity index (χ0v) is 14.6. The van der Waals surface area contributed by atoms with E-state index in [1.165, 1.54) is 25.3 Å². The van der Waals surface area contributed by atoms with Gasteiger partial charge in [-0.3, -0.25) is 0 Å². The van der Waals surface area contributed by atoms with Gasteiger partial charge >= 0.3 is 0 Å². The number of aromatic hydroxyl groups is 4. The molecule has 7 nitrogen and oxygen atoms in total. The van der Waals surface area contributed by atoms with Gasteiger partial charge in [0.1, 0.15) is 23.4 Å². The van der Waals surface area contributed by atoms with Gasteiger partial charge in [-0.25, -0.2) is 0 Å². The van der Waals surface area contributed by atoms with Crippen molar-refractivity contribution in [1.29, 1.82) is 0 Å². The highest BCUT2D eigenvalue weighted by Crippen LogP contribution is 2.55. The van der Waals surface area contributed by atoms with Gasteiger partial charge in [0.15, 0.2) is 17.6 Å². The van der Waals surface area contributed by atoms with E-state index in [1.54, 1.807) is 0 Å². The number of methoxy groups -OCH3 is 1. The largest absolute Gasteiger partial charge is 0.508 e. The van der Waals surface area contributed by atoms with Crippen molar-refractivity contribution in [2.24, 2.45) is 0 Å². The number of phenolic OH excluding ortho intramolecular Hbond substituents is 4. The number of ether oxygens (including phenoxy) is 3. The van der Waals surface area contributed by atoms with Gasteiger partial charge in [0.05, 0.1) is 12.7 Å². The minimum atomic E-state index is -0.866. The van der Waals surface area contributed by atoms with Crippen LogP contribution in [0.15, 0.2) is 18.2 Å². The Kier molecular flexibility index (Phi) is 3.43. The van der Waals surface area contributed by atoms with Crippen LogP contribution in [0.5, 0.6) is 34.5 Å². The number of benzene rings is 2.